The molecular weight excluding hydrogens is 1690 g/mol. The third-order valence-electron chi connectivity index (χ3n) is 18.2. The van der Waals surface area contributed by atoms with Crippen LogP contribution in [0.1, 0.15) is 39.6 Å². The van der Waals surface area contributed by atoms with Gasteiger partial charge in [-0.3, -0.25) is 19.2 Å². The van der Waals surface area contributed by atoms with Crippen LogP contribution in [0.4, 0.5) is 0 Å². The molecule has 39 nitrogen and oxygen atoms in total. The number of rotatable bonds is 18. The molecule has 0 aliphatic rings. The van der Waals surface area contributed by atoms with Gasteiger partial charge in [0.1, 0.15) is 53.4 Å². The van der Waals surface area contributed by atoms with Crippen molar-refractivity contribution in [2.24, 2.45) is 21.1 Å². The van der Waals surface area contributed by atoms with Crippen LogP contribution in [-0.4, -0.2) is 158 Å². The number of hydrogen-bond donors (Lipinski definition) is 3. The zero-order chi connectivity index (χ0) is 86.6. The average Bonchev–Trinajstić information content (AvgIpc) is 1.77. The van der Waals surface area contributed by atoms with E-state index in [-0.39, 0.29) is 46.4 Å². The predicted octanol–water partition coefficient (Wildman–Crippen LogP) is 9.26. The van der Waals surface area contributed by atoms with E-state index in [1.807, 2.05) is 118 Å². The summed E-state index contributed by atoms with van der Waals surface area (Å²) in [4.78, 5) is 135. The molecule has 19 rings (SSSR count). The topological polar surface area (TPSA) is 454 Å². The second-order valence-electron chi connectivity index (χ2n) is 26.3. The Labute approximate surface area is 717 Å². The molecule has 0 bridgehead atoms. The summed E-state index contributed by atoms with van der Waals surface area (Å²) in [5.41, 5.74) is 10.9. The van der Waals surface area contributed by atoms with Gasteiger partial charge < -0.3 is 70.0 Å². The van der Waals surface area contributed by atoms with Crippen LogP contribution >= 0.6 is 58.0 Å². The molecule has 123 heavy (non-hydrogen) atoms. The minimum Gasteiger partial charge on any atom is -0.497 e. The Morgan fingerprint density at radius 2 is 0.699 bits per heavy atom. The minimum atomic E-state index is -0.547. The first-order chi connectivity index (χ1) is 59.6. The number of aromatic nitrogens is 28. The number of aromatic amines is 3. The van der Waals surface area contributed by atoms with E-state index in [1.165, 1.54) is 80.0 Å². The molecule has 14 heterocycles. The fraction of sp³-hybridized carbons (Fsp3) is 0.190. The van der Waals surface area contributed by atoms with E-state index < -0.39 is 11.5 Å². The number of methoxy groups -OCH3 is 3. The molecule has 14 aromatic heterocycles. The second kappa shape index (κ2) is 40.4. The Morgan fingerprint density at radius 3 is 1.15 bits per heavy atom. The number of nitrogens with zero attached hydrogens (tertiary/aromatic N) is 25. The standard InChI is InChI=1S/C17H15ClN6O3.C14H14N4O2.C13H11ClN4O.C13H12N4O2.C11H10Cl2N2O2.C6H6N4O.C5H3ClN4/c1-22-9-19-15-14(16(22)25)23(10-20-15)8-13-21-24(17(26)27-13)7-6-11-2-4-12(18)5-3-11;1-17-8-15-13-12(14(17)19)18(9-16-13)7-10-3-5-11(20-2)6-4-10;1-19-10-4-2-9(3-5-10)6-18-8-17-13-11(18)12(14)15-7-16-13;1-19-10-4-2-9(3-5-10)6-17-8-16-12-11(17)13(18)15-7-14-12;12-7-10-14-15(11(16)17-10)6-5-8-1-3-9(13)4-2-8;1-10-3-9-5-4(6(10)11)7-2-8-5;6-4-3-5(9-1-7-3)10-2-8-4/h2-5,9-10H,6-8H2,1H3;3-6,8-9H,7H2,1-2H3;2-5,7-8H,6H2,1H3;2-5,7-8H,6H2,1H3,(H,14,15,18);1-4H,5-7H2;2-3H,1H3,(H,7,8);1-2H,(H,7,8,9,10). The van der Waals surface area contributed by atoms with Crippen LogP contribution in [-0.2, 0) is 79.1 Å². The van der Waals surface area contributed by atoms with Gasteiger partial charge in [-0.2, -0.15) is 9.36 Å². The average molecular weight is 1770 g/mol. The summed E-state index contributed by atoms with van der Waals surface area (Å²) in [6.07, 6.45) is 19.2. The molecule has 19 aromatic rings. The monoisotopic (exact) mass is 1760 g/mol. The Hall–Kier alpha value is -14.7. The van der Waals surface area contributed by atoms with Crippen LogP contribution in [0.25, 0.3) is 67.0 Å². The van der Waals surface area contributed by atoms with Gasteiger partial charge in [0.05, 0.1) is 97.7 Å². The van der Waals surface area contributed by atoms with Gasteiger partial charge in [0.2, 0.25) is 11.8 Å². The number of benzene rings is 5. The normalized spacial score (nSPS) is 10.9. The van der Waals surface area contributed by atoms with E-state index in [9.17, 15) is 28.8 Å². The Bertz CT molecular complexity index is 7170. The molecule has 0 saturated carbocycles. The molecule has 0 fully saturated rings. The molecule has 44 heteroatoms. The molecular formula is C79H71Cl5N28O11. The first-order valence-electron chi connectivity index (χ1n) is 36.8. The minimum absolute atomic E-state index is 0.0963. The fourth-order valence-electron chi connectivity index (χ4n) is 11.8. The molecule has 0 aliphatic carbocycles. The summed E-state index contributed by atoms with van der Waals surface area (Å²) < 4.78 is 39.2. The predicted molar refractivity (Wildman–Crippen MR) is 457 cm³/mol. The number of alkyl halides is 1. The highest BCUT2D eigenvalue weighted by Gasteiger charge is 2.17. The van der Waals surface area contributed by atoms with Crippen molar-refractivity contribution in [2.75, 3.05) is 21.3 Å². The number of ether oxygens (including phenoxy) is 3. The first-order valence-corrected chi connectivity index (χ1v) is 38.8. The zero-order valence-electron chi connectivity index (χ0n) is 65.9. The van der Waals surface area contributed by atoms with Crippen LogP contribution in [0.5, 0.6) is 17.2 Å². The van der Waals surface area contributed by atoms with Crippen LogP contribution in [0.2, 0.25) is 20.4 Å². The molecule has 3 N–H and O–H groups in total. The van der Waals surface area contributed by atoms with Crippen molar-refractivity contribution < 1.29 is 23.0 Å². The lowest BCUT2D eigenvalue weighted by molar-refractivity contribution is 0.414. The summed E-state index contributed by atoms with van der Waals surface area (Å²) in [7, 11) is 9.85. The highest BCUT2D eigenvalue weighted by atomic mass is 35.5. The zero-order valence-corrected chi connectivity index (χ0v) is 69.7. The third-order valence-corrected chi connectivity index (χ3v) is 19.5. The maximum atomic E-state index is 12.3. The van der Waals surface area contributed by atoms with E-state index in [4.69, 9.17) is 81.0 Å². The quantitative estimate of drug-likeness (QED) is 0.0532. The van der Waals surface area contributed by atoms with Crippen molar-refractivity contribution >= 4 is 125 Å². The van der Waals surface area contributed by atoms with Gasteiger partial charge in [-0.05, 0) is 101 Å². The van der Waals surface area contributed by atoms with Crippen LogP contribution in [0, 0.1) is 0 Å². The third kappa shape index (κ3) is 21.7. The highest BCUT2D eigenvalue weighted by molar-refractivity contribution is 6.34. The van der Waals surface area contributed by atoms with Crippen LogP contribution in [0.15, 0.2) is 235 Å². The van der Waals surface area contributed by atoms with Crippen molar-refractivity contribution in [3.05, 3.63) is 320 Å². The van der Waals surface area contributed by atoms with Crippen LogP contribution < -0.4 is 48.0 Å². The number of aryl methyl sites for hydroxylation is 7. The van der Waals surface area contributed by atoms with Gasteiger partial charge >= 0.3 is 11.5 Å². The maximum absolute atomic E-state index is 12.3. The molecule has 0 amide bonds. The number of fused-ring (bicyclic) bond motifs is 6. The largest absolute Gasteiger partial charge is 0.497 e. The summed E-state index contributed by atoms with van der Waals surface area (Å²) in [6, 6.07) is 38.1. The van der Waals surface area contributed by atoms with Crippen molar-refractivity contribution in [1.82, 2.24) is 136 Å². The van der Waals surface area contributed by atoms with Gasteiger partial charge in [-0.25, -0.2) is 79.4 Å². The molecule has 5 aromatic carbocycles. The lowest BCUT2D eigenvalue weighted by Gasteiger charge is -2.06. The molecule has 628 valence electrons. The van der Waals surface area contributed by atoms with Crippen molar-refractivity contribution in [1.29, 1.82) is 0 Å². The fourth-order valence-corrected chi connectivity index (χ4v) is 12.6. The van der Waals surface area contributed by atoms with E-state index >= 15 is 0 Å². The summed E-state index contributed by atoms with van der Waals surface area (Å²) in [5, 5.41) is 10.3. The molecule has 0 aliphatic heterocycles. The first kappa shape index (κ1) is 86.2. The van der Waals surface area contributed by atoms with Gasteiger partial charge in [0.15, 0.2) is 66.3 Å². The lowest BCUT2D eigenvalue weighted by atomic mass is 10.1. The van der Waals surface area contributed by atoms with E-state index in [0.717, 1.165) is 50.6 Å². The van der Waals surface area contributed by atoms with E-state index in [0.29, 0.717) is 127 Å². The van der Waals surface area contributed by atoms with Gasteiger partial charge in [0.25, 0.3) is 22.2 Å². The number of halogens is 5. The van der Waals surface area contributed by atoms with Crippen molar-refractivity contribution in [3.63, 3.8) is 0 Å². The smallest absolute Gasteiger partial charge is 0.437 e. The second-order valence-corrected chi connectivity index (χ2v) is 28.2. The maximum Gasteiger partial charge on any atom is 0.437 e. The number of imidazole rings is 6. The molecule has 0 spiro atoms. The number of hydrogen-bond acceptors (Lipinski definition) is 27. The number of nitrogens with one attached hydrogen (secondary N) is 3. The lowest BCUT2D eigenvalue weighted by Crippen LogP contribution is -2.19. The van der Waals surface area contributed by atoms with Crippen molar-refractivity contribution in [2.45, 2.75) is 58.0 Å². The van der Waals surface area contributed by atoms with Gasteiger partial charge in [0, 0.05) is 50.8 Å². The SMILES string of the molecule is COc1ccc(Cn2cnc3nc[nH]c(=O)c32)cc1.COc1ccc(Cn2cnc3ncn(C)c(=O)c32)cc1.COc1ccc(Cn2cnc3ncnc(Cl)c32)cc1.Clc1ncnc2nc[nH]c12.Cn1cnc2nc[nH]c2c1=O.Cn1cnc2ncn(Cc3nn(CCc4ccc(Cl)cc4)c(=O)o3)c2c1=O.O=c1oc(CCl)nn1CCc1ccc(Cl)cc1. The summed E-state index contributed by atoms with van der Waals surface area (Å²) in [5.74, 6) is 1.96. The van der Waals surface area contributed by atoms with Crippen LogP contribution in [0.3, 0.4) is 0 Å². The Balaban J connectivity index is 0.000000126. The van der Waals surface area contributed by atoms with Gasteiger partial charge in [-0.1, -0.05) is 107 Å². The summed E-state index contributed by atoms with van der Waals surface area (Å²) in [6.45, 7) is 2.74. The van der Waals surface area contributed by atoms with E-state index in [2.05, 4.69) is 94.9 Å². The molecule has 0 atom stereocenters. The molecule has 0 radical (unpaired) electrons. The van der Waals surface area contributed by atoms with Gasteiger partial charge in [-0.15, -0.1) is 21.8 Å². The number of H-pyrrole nitrogens is 3. The van der Waals surface area contributed by atoms with Crippen molar-refractivity contribution in [3.8, 4) is 17.2 Å². The highest BCUT2D eigenvalue weighted by Crippen LogP contribution is 2.23. The van der Waals surface area contributed by atoms with E-state index in [1.54, 1.807) is 82.7 Å². The molecule has 0 saturated heterocycles. The Kier molecular flexibility index (Phi) is 28.3. The summed E-state index contributed by atoms with van der Waals surface area (Å²) >= 11 is 28.9. The Morgan fingerprint density at radius 1 is 0.350 bits per heavy atom. The molecule has 0 unspecified atom stereocenters.